The first-order valence-electron chi connectivity index (χ1n) is 1.84. The molecule has 0 spiro atoms. The molecule has 0 aliphatic carbocycles. The van der Waals surface area contributed by atoms with Crippen molar-refractivity contribution in [1.82, 2.24) is 10.2 Å². The number of rotatable bonds is 0. The number of aryl methyl sites for hydroxylation is 1. The summed E-state index contributed by atoms with van der Waals surface area (Å²) in [5.41, 5.74) is 0. The molecule has 1 rings (SSSR count). The van der Waals surface area contributed by atoms with Crippen molar-refractivity contribution in [3.05, 3.63) is 5.89 Å². The van der Waals surface area contributed by atoms with Crippen LogP contribution in [0.25, 0.3) is 0 Å². The molecule has 0 atom stereocenters. The first-order chi connectivity index (χ1) is 3.29. The Labute approximate surface area is 42.2 Å². The fourth-order valence-electron chi connectivity index (χ4n) is 0.312. The zero-order valence-corrected chi connectivity index (χ0v) is 3.88. The summed E-state index contributed by atoms with van der Waals surface area (Å²) in [5.74, 6) is 0.620. The molecule has 0 aliphatic rings. The van der Waals surface area contributed by atoms with Gasteiger partial charge in [0, 0.05) is 6.92 Å². The van der Waals surface area contributed by atoms with Crippen LogP contribution < -0.4 is 5.79 Å². The third-order valence-electron chi connectivity index (χ3n) is 0.542. The van der Waals surface area contributed by atoms with Crippen molar-refractivity contribution in [3.63, 3.8) is 0 Å². The van der Waals surface area contributed by atoms with Crippen molar-refractivity contribution in [2.24, 2.45) is 0 Å². The van der Waals surface area contributed by atoms with Crippen molar-refractivity contribution in [1.29, 1.82) is 0 Å². The lowest BCUT2D eigenvalue weighted by Gasteiger charge is -1.70. The van der Waals surface area contributed by atoms with Crippen molar-refractivity contribution in [3.8, 4) is 0 Å². The van der Waals surface area contributed by atoms with Gasteiger partial charge in [0.15, 0.2) is 13.6 Å². The molecule has 1 aromatic heterocycles. The van der Waals surface area contributed by atoms with Crippen LogP contribution in [0.1, 0.15) is 5.89 Å². The molecule has 2 radical (unpaired) electrons. The van der Waals surface area contributed by atoms with E-state index in [2.05, 4.69) is 14.6 Å². The Hall–Kier alpha value is -0.795. The molecule has 34 valence electrons. The van der Waals surface area contributed by atoms with E-state index in [1.165, 1.54) is 0 Å². The van der Waals surface area contributed by atoms with Gasteiger partial charge in [-0.2, -0.15) is 0 Å². The minimum atomic E-state index is 0.123. The molecule has 4 heteroatoms. The second-order valence-electron chi connectivity index (χ2n) is 1.16. The topological polar surface area (TPSA) is 38.9 Å². The summed E-state index contributed by atoms with van der Waals surface area (Å²) in [6.45, 7) is 1.68. The van der Waals surface area contributed by atoms with Gasteiger partial charge in [-0.3, -0.25) is 0 Å². The van der Waals surface area contributed by atoms with E-state index in [-0.39, 0.29) is 5.79 Å². The van der Waals surface area contributed by atoms with E-state index in [9.17, 15) is 0 Å². The van der Waals surface area contributed by atoms with Gasteiger partial charge in [0.2, 0.25) is 5.89 Å². The van der Waals surface area contributed by atoms with E-state index in [0.29, 0.717) is 5.89 Å². The zero-order valence-electron chi connectivity index (χ0n) is 3.88. The van der Waals surface area contributed by atoms with Gasteiger partial charge in [-0.05, 0) is 0 Å². The van der Waals surface area contributed by atoms with Crippen molar-refractivity contribution in [2.45, 2.75) is 6.92 Å². The highest BCUT2D eigenvalue weighted by Crippen LogP contribution is 1.79. The van der Waals surface area contributed by atoms with E-state index >= 15 is 0 Å². The second kappa shape index (κ2) is 1.37. The van der Waals surface area contributed by atoms with Gasteiger partial charge in [-0.15, -0.1) is 10.2 Å². The SMILES string of the molecule is [B]c1nnc(C)o1. The molecule has 0 saturated carbocycles. The lowest BCUT2D eigenvalue weighted by molar-refractivity contribution is 0.549. The largest absolute Gasteiger partial charge is 0.437 e. The smallest absolute Gasteiger partial charge is 0.212 e. The van der Waals surface area contributed by atoms with E-state index in [1.54, 1.807) is 6.92 Å². The molecule has 1 aromatic rings. The lowest BCUT2D eigenvalue weighted by Crippen LogP contribution is -2.00. The first-order valence-corrected chi connectivity index (χ1v) is 1.84. The molecule has 0 saturated heterocycles. The normalized spacial score (nSPS) is 9.29. The molecular weight excluding hydrogens is 90.9 g/mol. The van der Waals surface area contributed by atoms with E-state index in [1.807, 2.05) is 0 Å². The highest BCUT2D eigenvalue weighted by Gasteiger charge is 1.89. The number of hydrogen-bond donors (Lipinski definition) is 0. The van der Waals surface area contributed by atoms with Crippen molar-refractivity contribution < 1.29 is 4.42 Å². The van der Waals surface area contributed by atoms with Gasteiger partial charge in [-0.1, -0.05) is 0 Å². The Morgan fingerprint density at radius 2 is 2.29 bits per heavy atom. The van der Waals surface area contributed by atoms with E-state index in [0.717, 1.165) is 0 Å². The molecule has 0 bridgehead atoms. The summed E-state index contributed by atoms with van der Waals surface area (Å²) >= 11 is 0. The monoisotopic (exact) mass is 94.0 g/mol. The van der Waals surface area contributed by atoms with Crippen LogP contribution in [0.4, 0.5) is 0 Å². The third kappa shape index (κ3) is 0.794. The first kappa shape index (κ1) is 4.37. The number of aromatic nitrogens is 2. The maximum Gasteiger partial charge on any atom is 0.212 e. The fourth-order valence-corrected chi connectivity index (χ4v) is 0.312. The molecule has 0 aliphatic heterocycles. The summed E-state index contributed by atoms with van der Waals surface area (Å²) in [5, 5.41) is 6.85. The second-order valence-corrected chi connectivity index (χ2v) is 1.16. The van der Waals surface area contributed by atoms with Crippen molar-refractivity contribution in [2.75, 3.05) is 0 Å². The van der Waals surface area contributed by atoms with Crippen LogP contribution >= 0.6 is 0 Å². The van der Waals surface area contributed by atoms with Crippen LogP contribution in [-0.2, 0) is 0 Å². The molecule has 7 heavy (non-hydrogen) atoms. The fraction of sp³-hybridized carbons (Fsp3) is 0.333. The minimum Gasteiger partial charge on any atom is -0.437 e. The summed E-state index contributed by atoms with van der Waals surface area (Å²) < 4.78 is 4.64. The molecule has 0 N–H and O–H groups in total. The maximum atomic E-state index is 5.04. The molecule has 0 unspecified atom stereocenters. The van der Waals surface area contributed by atoms with Crippen molar-refractivity contribution >= 4 is 13.6 Å². The molecule has 1 heterocycles. The summed E-state index contributed by atoms with van der Waals surface area (Å²) in [6, 6.07) is 0. The van der Waals surface area contributed by atoms with Gasteiger partial charge in [0.25, 0.3) is 0 Å². The molecular formula is C3H3BN2O. The standard InChI is InChI=1S/C3H3BN2O/c1-2-5-6-3(4)7-2/h1H3. The Morgan fingerprint density at radius 1 is 1.57 bits per heavy atom. The Bertz CT molecular complexity index is 145. The van der Waals surface area contributed by atoms with Crippen LogP contribution in [0.5, 0.6) is 0 Å². The molecule has 0 fully saturated rings. The molecule has 0 aromatic carbocycles. The zero-order chi connectivity index (χ0) is 5.28. The van der Waals surface area contributed by atoms with Crippen LogP contribution in [0.3, 0.4) is 0 Å². The van der Waals surface area contributed by atoms with Gasteiger partial charge >= 0.3 is 0 Å². The maximum absolute atomic E-state index is 5.04. The average molecular weight is 93.9 g/mol. The van der Waals surface area contributed by atoms with Crippen LogP contribution in [-0.4, -0.2) is 18.0 Å². The highest BCUT2D eigenvalue weighted by molar-refractivity contribution is 6.27. The Balaban J connectivity index is 3.04. The van der Waals surface area contributed by atoms with E-state index < -0.39 is 0 Å². The van der Waals surface area contributed by atoms with Gasteiger partial charge in [0.1, 0.15) is 0 Å². The van der Waals surface area contributed by atoms with Crippen LogP contribution in [0, 0.1) is 6.92 Å². The minimum absolute atomic E-state index is 0.123. The summed E-state index contributed by atoms with van der Waals surface area (Å²) in [7, 11) is 5.04. The number of nitrogens with zero attached hydrogens (tertiary/aromatic N) is 2. The predicted molar refractivity (Wildman–Crippen MR) is 24.4 cm³/mol. The van der Waals surface area contributed by atoms with E-state index in [4.69, 9.17) is 7.85 Å². The van der Waals surface area contributed by atoms with Gasteiger partial charge in [0.05, 0.1) is 0 Å². The van der Waals surface area contributed by atoms with Crippen LogP contribution in [0.2, 0.25) is 0 Å². The summed E-state index contributed by atoms with van der Waals surface area (Å²) in [6.07, 6.45) is 0. The third-order valence-corrected chi connectivity index (χ3v) is 0.542. The molecule has 0 amide bonds. The lowest BCUT2D eigenvalue weighted by atomic mass is 10.2. The average Bonchev–Trinajstić information content (AvgIpc) is 1.87. The van der Waals surface area contributed by atoms with Crippen LogP contribution in [0.15, 0.2) is 4.42 Å². The predicted octanol–water partition coefficient (Wildman–Crippen LogP) is -0.828. The number of hydrogen-bond acceptors (Lipinski definition) is 3. The molecule has 3 nitrogen and oxygen atoms in total. The Kier molecular flexibility index (Phi) is 0.853. The highest BCUT2D eigenvalue weighted by atomic mass is 16.4. The van der Waals surface area contributed by atoms with Gasteiger partial charge < -0.3 is 4.42 Å². The van der Waals surface area contributed by atoms with Gasteiger partial charge in [-0.25, -0.2) is 0 Å². The quantitative estimate of drug-likeness (QED) is 0.394. The summed E-state index contributed by atoms with van der Waals surface area (Å²) in [4.78, 5) is 0. The Morgan fingerprint density at radius 3 is 2.43 bits per heavy atom.